The van der Waals surface area contributed by atoms with E-state index in [-0.39, 0.29) is 6.04 Å². The van der Waals surface area contributed by atoms with Crippen LogP contribution in [-0.4, -0.2) is 6.21 Å². The summed E-state index contributed by atoms with van der Waals surface area (Å²) >= 11 is 0. The molecule has 0 bridgehead atoms. The SMILES string of the molecule is [CH2]C1N=Cc2ccccc21. The van der Waals surface area contributed by atoms with Crippen molar-refractivity contribution in [3.63, 3.8) is 0 Å². The molecule has 0 saturated carbocycles. The van der Waals surface area contributed by atoms with Gasteiger partial charge in [0, 0.05) is 6.21 Å². The van der Waals surface area contributed by atoms with Crippen molar-refractivity contribution < 1.29 is 0 Å². The van der Waals surface area contributed by atoms with Gasteiger partial charge in [0.25, 0.3) is 0 Å². The fourth-order valence-corrected chi connectivity index (χ4v) is 1.18. The van der Waals surface area contributed by atoms with Gasteiger partial charge in [-0.25, -0.2) is 0 Å². The van der Waals surface area contributed by atoms with Gasteiger partial charge in [0.05, 0.1) is 6.04 Å². The zero-order chi connectivity index (χ0) is 6.97. The molecule has 49 valence electrons. The lowest BCUT2D eigenvalue weighted by Gasteiger charge is -1.99. The fourth-order valence-electron chi connectivity index (χ4n) is 1.18. The smallest absolute Gasteiger partial charge is 0.0756 e. The van der Waals surface area contributed by atoms with Crippen molar-refractivity contribution in [2.45, 2.75) is 6.04 Å². The van der Waals surface area contributed by atoms with Crippen molar-refractivity contribution in [3.8, 4) is 0 Å². The molecule has 1 aliphatic heterocycles. The average molecular weight is 130 g/mol. The molecule has 10 heavy (non-hydrogen) atoms. The molecule has 0 saturated heterocycles. The van der Waals surface area contributed by atoms with Crippen molar-refractivity contribution in [3.05, 3.63) is 42.3 Å². The van der Waals surface area contributed by atoms with Crippen LogP contribution in [0.2, 0.25) is 0 Å². The minimum atomic E-state index is 0.121. The summed E-state index contributed by atoms with van der Waals surface area (Å²) < 4.78 is 0. The van der Waals surface area contributed by atoms with E-state index >= 15 is 0 Å². The van der Waals surface area contributed by atoms with E-state index in [4.69, 9.17) is 0 Å². The Bertz CT molecular complexity index is 276. The Kier molecular flexibility index (Phi) is 1.10. The first-order valence-corrected chi connectivity index (χ1v) is 3.33. The minimum Gasteiger partial charge on any atom is -0.284 e. The van der Waals surface area contributed by atoms with Crippen LogP contribution < -0.4 is 0 Å². The van der Waals surface area contributed by atoms with E-state index in [0.29, 0.717) is 0 Å². The fraction of sp³-hybridized carbons (Fsp3) is 0.111. The van der Waals surface area contributed by atoms with Gasteiger partial charge in [0.1, 0.15) is 0 Å². The second-order valence-electron chi connectivity index (χ2n) is 2.42. The van der Waals surface area contributed by atoms with Crippen LogP contribution in [0.5, 0.6) is 0 Å². The topological polar surface area (TPSA) is 12.4 Å². The van der Waals surface area contributed by atoms with Gasteiger partial charge in [0.2, 0.25) is 0 Å². The molecule has 0 aliphatic carbocycles. The Morgan fingerprint density at radius 3 is 2.90 bits per heavy atom. The van der Waals surface area contributed by atoms with Gasteiger partial charge in [-0.05, 0) is 18.1 Å². The first kappa shape index (κ1) is 5.66. The van der Waals surface area contributed by atoms with Gasteiger partial charge < -0.3 is 0 Å². The van der Waals surface area contributed by atoms with Gasteiger partial charge >= 0.3 is 0 Å². The van der Waals surface area contributed by atoms with Gasteiger partial charge in [0.15, 0.2) is 0 Å². The third-order valence-electron chi connectivity index (χ3n) is 1.75. The quantitative estimate of drug-likeness (QED) is 0.509. The second-order valence-corrected chi connectivity index (χ2v) is 2.42. The molecule has 1 unspecified atom stereocenters. The molecular formula is C9H8N. The molecule has 1 heterocycles. The van der Waals surface area contributed by atoms with Gasteiger partial charge in [-0.2, -0.15) is 0 Å². The van der Waals surface area contributed by atoms with Crippen molar-refractivity contribution in [2.24, 2.45) is 4.99 Å². The Morgan fingerprint density at radius 1 is 1.30 bits per heavy atom. The normalized spacial score (nSPS) is 21.1. The second kappa shape index (κ2) is 1.94. The number of benzene rings is 1. The predicted molar refractivity (Wildman–Crippen MR) is 42.1 cm³/mol. The van der Waals surface area contributed by atoms with Gasteiger partial charge in [-0.15, -0.1) is 0 Å². The lowest BCUT2D eigenvalue weighted by Crippen LogP contribution is -1.85. The van der Waals surface area contributed by atoms with E-state index in [1.54, 1.807) is 0 Å². The molecule has 1 nitrogen and oxygen atoms in total. The van der Waals surface area contributed by atoms with Crippen LogP contribution in [0.1, 0.15) is 17.2 Å². The number of fused-ring (bicyclic) bond motifs is 1. The van der Waals surface area contributed by atoms with Crippen molar-refractivity contribution in [2.75, 3.05) is 0 Å². The van der Waals surface area contributed by atoms with Crippen LogP contribution in [0.3, 0.4) is 0 Å². The highest BCUT2D eigenvalue weighted by Gasteiger charge is 2.11. The molecule has 1 radical (unpaired) electrons. The van der Waals surface area contributed by atoms with Crippen LogP contribution in [0.25, 0.3) is 0 Å². The standard InChI is InChI=1S/C9H8N/c1-7-9-5-3-2-4-8(9)6-10-7/h2-7H,1H2. The largest absolute Gasteiger partial charge is 0.284 e. The van der Waals surface area contributed by atoms with E-state index < -0.39 is 0 Å². The monoisotopic (exact) mass is 130 g/mol. The van der Waals surface area contributed by atoms with Gasteiger partial charge in [-0.3, -0.25) is 4.99 Å². The number of nitrogens with zero attached hydrogens (tertiary/aromatic N) is 1. The van der Waals surface area contributed by atoms with E-state index in [0.717, 1.165) is 0 Å². The maximum absolute atomic E-state index is 4.17. The molecule has 1 aromatic carbocycles. The summed E-state index contributed by atoms with van der Waals surface area (Å²) in [5, 5.41) is 0. The summed E-state index contributed by atoms with van der Waals surface area (Å²) in [4.78, 5) is 4.17. The highest BCUT2D eigenvalue weighted by atomic mass is 14.8. The summed E-state index contributed by atoms with van der Waals surface area (Å²) in [6, 6.07) is 8.29. The summed E-state index contributed by atoms with van der Waals surface area (Å²) in [6.07, 6.45) is 1.88. The Labute approximate surface area is 60.4 Å². The van der Waals surface area contributed by atoms with Crippen LogP contribution in [0.15, 0.2) is 29.3 Å². The Morgan fingerprint density at radius 2 is 2.10 bits per heavy atom. The summed E-state index contributed by atoms with van der Waals surface area (Å²) in [7, 11) is 0. The van der Waals surface area contributed by atoms with Crippen molar-refractivity contribution in [1.29, 1.82) is 0 Å². The van der Waals surface area contributed by atoms with Crippen LogP contribution in [0, 0.1) is 6.92 Å². The average Bonchev–Trinajstić information content (AvgIpc) is 2.34. The maximum Gasteiger partial charge on any atom is 0.0756 e. The molecule has 0 fully saturated rings. The third-order valence-corrected chi connectivity index (χ3v) is 1.75. The molecule has 1 heteroatoms. The number of aliphatic imine (C=N–C) groups is 1. The summed E-state index contributed by atoms with van der Waals surface area (Å²) in [5.41, 5.74) is 2.45. The molecule has 2 rings (SSSR count). The first-order chi connectivity index (χ1) is 4.88. The number of hydrogen-bond acceptors (Lipinski definition) is 1. The number of hydrogen-bond donors (Lipinski definition) is 0. The summed E-state index contributed by atoms with van der Waals surface area (Å²) in [6.45, 7) is 3.88. The van der Waals surface area contributed by atoms with Crippen LogP contribution in [-0.2, 0) is 0 Å². The highest BCUT2D eigenvalue weighted by Crippen LogP contribution is 2.24. The molecule has 1 aliphatic rings. The highest BCUT2D eigenvalue weighted by molar-refractivity contribution is 5.85. The van der Waals surface area contributed by atoms with Crippen LogP contribution >= 0.6 is 0 Å². The third kappa shape index (κ3) is 0.670. The molecule has 1 aromatic rings. The molecule has 1 atom stereocenters. The van der Waals surface area contributed by atoms with E-state index in [2.05, 4.69) is 24.0 Å². The van der Waals surface area contributed by atoms with E-state index in [1.807, 2.05) is 18.3 Å². The minimum absolute atomic E-state index is 0.121. The molecule has 0 spiro atoms. The number of rotatable bonds is 0. The van der Waals surface area contributed by atoms with Crippen LogP contribution in [0.4, 0.5) is 0 Å². The zero-order valence-electron chi connectivity index (χ0n) is 5.62. The molecule has 0 aromatic heterocycles. The zero-order valence-corrected chi connectivity index (χ0v) is 5.62. The van der Waals surface area contributed by atoms with Gasteiger partial charge in [-0.1, -0.05) is 24.3 Å². The Hall–Kier alpha value is -1.11. The first-order valence-electron chi connectivity index (χ1n) is 3.33. The van der Waals surface area contributed by atoms with E-state index in [1.165, 1.54) is 11.1 Å². The lowest BCUT2D eigenvalue weighted by molar-refractivity contribution is 0.939. The predicted octanol–water partition coefficient (Wildman–Crippen LogP) is 1.99. The molecular weight excluding hydrogens is 122 g/mol. The Balaban J connectivity index is 2.59. The molecule has 0 N–H and O–H groups in total. The lowest BCUT2D eigenvalue weighted by atomic mass is 10.1. The summed E-state index contributed by atoms with van der Waals surface area (Å²) in [5.74, 6) is 0. The maximum atomic E-state index is 4.17. The molecule has 0 amide bonds. The van der Waals surface area contributed by atoms with Crippen molar-refractivity contribution >= 4 is 6.21 Å². The van der Waals surface area contributed by atoms with Crippen molar-refractivity contribution in [1.82, 2.24) is 0 Å². The van der Waals surface area contributed by atoms with E-state index in [9.17, 15) is 0 Å².